The summed E-state index contributed by atoms with van der Waals surface area (Å²) in [4.78, 5) is 20.2. The Bertz CT molecular complexity index is 146. The summed E-state index contributed by atoms with van der Waals surface area (Å²) < 4.78 is 0. The van der Waals surface area contributed by atoms with Gasteiger partial charge in [0.05, 0.1) is 0 Å². The van der Waals surface area contributed by atoms with Gasteiger partial charge in [0.1, 0.15) is 0 Å². The predicted molar refractivity (Wildman–Crippen MR) is 32.7 cm³/mol. The van der Waals surface area contributed by atoms with Gasteiger partial charge in [-0.15, -0.1) is 0 Å². The van der Waals surface area contributed by atoms with Crippen molar-refractivity contribution in [2.75, 3.05) is 0 Å². The van der Waals surface area contributed by atoms with Crippen molar-refractivity contribution in [3.63, 3.8) is 0 Å². The van der Waals surface area contributed by atoms with E-state index in [-0.39, 0.29) is 12.8 Å². The maximum Gasteiger partial charge on any atom is 0.362 e. The van der Waals surface area contributed by atoms with Gasteiger partial charge in [-0.3, -0.25) is 4.79 Å². The number of rotatable bonds is 4. The lowest BCUT2D eigenvalue weighted by molar-refractivity contribution is -0.408. The molecule has 0 bridgehead atoms. The molecule has 0 radical (unpaired) electrons. The maximum absolute atomic E-state index is 10.1. The van der Waals surface area contributed by atoms with Gasteiger partial charge in [0.2, 0.25) is 5.91 Å². The molecule has 6 N–H and O–H groups in total. The van der Waals surface area contributed by atoms with E-state index >= 15 is 0 Å². The number of hydrogen-bond acceptors (Lipinski definition) is 2. The van der Waals surface area contributed by atoms with E-state index in [4.69, 9.17) is 10.8 Å². The summed E-state index contributed by atoms with van der Waals surface area (Å²) in [7, 11) is 0. The van der Waals surface area contributed by atoms with Crippen molar-refractivity contribution in [3.05, 3.63) is 0 Å². The molecule has 0 saturated heterocycles. The molecule has 0 heterocycles. The highest BCUT2D eigenvalue weighted by Gasteiger charge is 2.15. The number of carboxylic acids is 1. The molecule has 1 atom stereocenters. The number of aliphatic carboxylic acids is 1. The number of quaternary nitrogens is 1. The molecule has 0 unspecified atom stereocenters. The number of nitrogens with two attached hydrogens (primary N) is 1. The zero-order chi connectivity index (χ0) is 8.15. The van der Waals surface area contributed by atoms with E-state index in [2.05, 4.69) is 5.73 Å². The van der Waals surface area contributed by atoms with Gasteiger partial charge in [-0.05, 0) is 0 Å². The fraction of sp³-hybridized carbons (Fsp3) is 0.600. The molecule has 0 spiro atoms. The van der Waals surface area contributed by atoms with Crippen molar-refractivity contribution in [2.24, 2.45) is 5.73 Å². The van der Waals surface area contributed by atoms with Crippen molar-refractivity contribution >= 4 is 11.9 Å². The Kier molecular flexibility index (Phi) is 3.42. The Hall–Kier alpha value is -1.10. The van der Waals surface area contributed by atoms with E-state index in [1.807, 2.05) is 0 Å². The first-order valence-electron chi connectivity index (χ1n) is 2.88. The minimum atomic E-state index is -0.999. The van der Waals surface area contributed by atoms with Crippen LogP contribution in [0.25, 0.3) is 0 Å². The number of carboxylic acid groups (broad SMARTS) is 1. The summed E-state index contributed by atoms with van der Waals surface area (Å²) in [6.45, 7) is 0. The Morgan fingerprint density at radius 3 is 2.40 bits per heavy atom. The molecule has 0 aromatic carbocycles. The number of carbonyl (C=O) groups is 2. The van der Waals surface area contributed by atoms with Crippen LogP contribution < -0.4 is 11.5 Å². The van der Waals surface area contributed by atoms with E-state index in [1.165, 1.54) is 0 Å². The first-order chi connectivity index (χ1) is 4.54. The molecule has 0 aromatic rings. The predicted octanol–water partition coefficient (Wildman–Crippen LogP) is -2.05. The Morgan fingerprint density at radius 2 is 2.10 bits per heavy atom. The molecule has 5 nitrogen and oxygen atoms in total. The maximum atomic E-state index is 10.1. The summed E-state index contributed by atoms with van der Waals surface area (Å²) in [6, 6.07) is -0.729. The van der Waals surface area contributed by atoms with Crippen LogP contribution in [-0.2, 0) is 9.59 Å². The third-order valence-corrected chi connectivity index (χ3v) is 1.09. The fourth-order valence-corrected chi connectivity index (χ4v) is 0.440. The van der Waals surface area contributed by atoms with E-state index < -0.39 is 17.9 Å². The van der Waals surface area contributed by atoms with Gasteiger partial charge in [0.25, 0.3) is 0 Å². The molecule has 5 heteroatoms. The molecule has 0 aromatic heterocycles. The van der Waals surface area contributed by atoms with Gasteiger partial charge in [0.15, 0.2) is 6.04 Å². The summed E-state index contributed by atoms with van der Waals surface area (Å²) in [5.41, 5.74) is 8.08. The fourth-order valence-electron chi connectivity index (χ4n) is 0.440. The van der Waals surface area contributed by atoms with Gasteiger partial charge in [-0.1, -0.05) is 0 Å². The van der Waals surface area contributed by atoms with Crippen molar-refractivity contribution < 1.29 is 20.4 Å². The molecule has 0 aliphatic rings. The second kappa shape index (κ2) is 3.84. The highest BCUT2D eigenvalue weighted by atomic mass is 16.4. The highest BCUT2D eigenvalue weighted by molar-refractivity contribution is 5.76. The lowest BCUT2D eigenvalue weighted by Gasteiger charge is -1.98. The monoisotopic (exact) mass is 147 g/mol. The second-order valence-corrected chi connectivity index (χ2v) is 2.04. The van der Waals surface area contributed by atoms with Crippen LogP contribution in [0.15, 0.2) is 0 Å². The Morgan fingerprint density at radius 1 is 1.60 bits per heavy atom. The van der Waals surface area contributed by atoms with E-state index in [0.29, 0.717) is 0 Å². The van der Waals surface area contributed by atoms with Gasteiger partial charge in [-0.2, -0.15) is 0 Å². The van der Waals surface area contributed by atoms with Gasteiger partial charge in [0, 0.05) is 12.8 Å². The summed E-state index contributed by atoms with van der Waals surface area (Å²) in [5.74, 6) is -1.49. The SMILES string of the molecule is NC(=O)CC[C@@H]([NH3+])C(=O)O. The molecule has 0 saturated carbocycles. The lowest BCUT2D eigenvalue weighted by atomic mass is 10.2. The van der Waals surface area contributed by atoms with Crippen LogP contribution in [-0.4, -0.2) is 23.0 Å². The average Bonchev–Trinajstić information content (AvgIpc) is 1.82. The zero-order valence-corrected chi connectivity index (χ0v) is 5.54. The number of hydrogen-bond donors (Lipinski definition) is 3. The normalized spacial score (nSPS) is 12.5. The Labute approximate surface area is 58.0 Å². The summed E-state index contributed by atoms with van der Waals surface area (Å²) in [6.07, 6.45) is 0.297. The van der Waals surface area contributed by atoms with Crippen molar-refractivity contribution in [2.45, 2.75) is 18.9 Å². The summed E-state index contributed by atoms with van der Waals surface area (Å²) in [5, 5.41) is 8.28. The lowest BCUT2D eigenvalue weighted by Crippen LogP contribution is -2.65. The first kappa shape index (κ1) is 8.90. The minimum Gasteiger partial charge on any atom is -0.477 e. The standard InChI is InChI=1S/C5H10N2O3/c6-3(5(9)10)1-2-4(7)8/h3H,1-2,6H2,(H2,7,8)(H,9,10)/p+1/t3-/m1/s1. The number of amides is 1. The first-order valence-corrected chi connectivity index (χ1v) is 2.88. The second-order valence-electron chi connectivity index (χ2n) is 2.04. The third-order valence-electron chi connectivity index (χ3n) is 1.09. The molecule has 1 amide bonds. The van der Waals surface area contributed by atoms with Crippen LogP contribution in [0.2, 0.25) is 0 Å². The molecule has 0 aliphatic heterocycles. The third kappa shape index (κ3) is 3.85. The molecule has 58 valence electrons. The highest BCUT2D eigenvalue weighted by Crippen LogP contribution is 1.90. The van der Waals surface area contributed by atoms with Crippen LogP contribution in [0.5, 0.6) is 0 Å². The quantitative estimate of drug-likeness (QED) is 0.425. The van der Waals surface area contributed by atoms with Crippen molar-refractivity contribution in [1.29, 1.82) is 0 Å². The van der Waals surface area contributed by atoms with Crippen LogP contribution in [0, 0.1) is 0 Å². The van der Waals surface area contributed by atoms with E-state index in [1.54, 1.807) is 0 Å². The largest absolute Gasteiger partial charge is 0.477 e. The van der Waals surface area contributed by atoms with E-state index in [9.17, 15) is 9.59 Å². The van der Waals surface area contributed by atoms with Gasteiger partial charge in [-0.25, -0.2) is 4.79 Å². The molecular formula is C5H11N2O3+. The topological polar surface area (TPSA) is 108 Å². The molecule has 0 rings (SSSR count). The van der Waals surface area contributed by atoms with Crippen LogP contribution >= 0.6 is 0 Å². The van der Waals surface area contributed by atoms with Crippen LogP contribution in [0.1, 0.15) is 12.8 Å². The minimum absolute atomic E-state index is 0.0838. The van der Waals surface area contributed by atoms with Crippen molar-refractivity contribution in [3.8, 4) is 0 Å². The smallest absolute Gasteiger partial charge is 0.362 e. The van der Waals surface area contributed by atoms with Crippen LogP contribution in [0.3, 0.4) is 0 Å². The number of carbonyl (C=O) groups excluding carboxylic acids is 1. The molecular weight excluding hydrogens is 136 g/mol. The average molecular weight is 147 g/mol. The zero-order valence-electron chi connectivity index (χ0n) is 5.54. The summed E-state index contributed by atoms with van der Waals surface area (Å²) >= 11 is 0. The molecule has 0 fully saturated rings. The molecule has 10 heavy (non-hydrogen) atoms. The van der Waals surface area contributed by atoms with E-state index in [0.717, 1.165) is 0 Å². The molecule has 0 aliphatic carbocycles. The van der Waals surface area contributed by atoms with Crippen molar-refractivity contribution in [1.82, 2.24) is 0 Å². The van der Waals surface area contributed by atoms with Crippen LogP contribution in [0.4, 0.5) is 0 Å². The Balaban J connectivity index is 3.49. The van der Waals surface area contributed by atoms with Gasteiger partial charge < -0.3 is 16.6 Å². The number of primary amides is 1. The van der Waals surface area contributed by atoms with Gasteiger partial charge >= 0.3 is 5.97 Å².